The fraction of sp³-hybridized carbons (Fsp3) is 0.455. The molecule has 2 rings (SSSR count). The van der Waals surface area contributed by atoms with E-state index in [0.717, 1.165) is 0 Å². The van der Waals surface area contributed by atoms with E-state index in [4.69, 9.17) is 0 Å². The average molecular weight is 502 g/mol. The van der Waals surface area contributed by atoms with Crippen LogP contribution in [0.5, 0.6) is 0 Å². The van der Waals surface area contributed by atoms with Crippen molar-refractivity contribution in [1.29, 1.82) is 0 Å². The second-order valence-electron chi connectivity index (χ2n) is 8.45. The second-order valence-corrected chi connectivity index (χ2v) is 13.2. The van der Waals surface area contributed by atoms with Crippen LogP contribution >= 0.6 is 0 Å². The zero-order valence-electron chi connectivity index (χ0n) is 17.3. The Balaban J connectivity index is 0.000000527. The van der Waals surface area contributed by atoms with Crippen molar-refractivity contribution in [3.63, 3.8) is 0 Å². The van der Waals surface area contributed by atoms with Crippen LogP contribution < -0.4 is 21.2 Å². The highest BCUT2D eigenvalue weighted by Crippen LogP contribution is 2.21. The molecule has 0 spiro atoms. The Bertz CT molecular complexity index is 754. The predicted molar refractivity (Wildman–Crippen MR) is 108 cm³/mol. The van der Waals surface area contributed by atoms with Crippen molar-refractivity contribution in [2.75, 3.05) is 5.75 Å². The maximum atomic E-state index is 9.44. The van der Waals surface area contributed by atoms with Gasteiger partial charge in [0.2, 0.25) is 0 Å². The molecule has 2 aromatic rings. The van der Waals surface area contributed by atoms with Crippen LogP contribution in [0.1, 0.15) is 59.6 Å². The molecule has 0 radical (unpaired) electrons. The van der Waals surface area contributed by atoms with E-state index in [1.807, 2.05) is 0 Å². The van der Waals surface area contributed by atoms with Crippen molar-refractivity contribution in [2.45, 2.75) is 59.3 Å². The summed E-state index contributed by atoms with van der Waals surface area (Å²) in [6, 6.07) is 18.4. The smallest absolute Gasteiger partial charge is 0.357 e. The van der Waals surface area contributed by atoms with E-state index in [2.05, 4.69) is 90.1 Å². The SMILES string of the molecule is CC(C)(C)c1ccc([I+]c2ccc(C(C)(C)C)cc2)cc1.CCS(=O)(=O)[O-]. The van der Waals surface area contributed by atoms with Crippen LogP contribution in [0, 0.1) is 7.14 Å². The monoisotopic (exact) mass is 502 g/mol. The van der Waals surface area contributed by atoms with E-state index < -0.39 is 10.1 Å². The molecule has 2 aromatic carbocycles. The van der Waals surface area contributed by atoms with E-state index in [1.54, 1.807) is 0 Å². The van der Waals surface area contributed by atoms with Gasteiger partial charge in [-0.2, -0.15) is 0 Å². The Morgan fingerprint density at radius 2 is 1.00 bits per heavy atom. The molecule has 27 heavy (non-hydrogen) atoms. The van der Waals surface area contributed by atoms with Gasteiger partial charge in [0.15, 0.2) is 7.14 Å². The zero-order chi connectivity index (χ0) is 20.9. The minimum atomic E-state index is -3.91. The van der Waals surface area contributed by atoms with Gasteiger partial charge in [-0.25, -0.2) is 8.42 Å². The largest absolute Gasteiger partial charge is 0.748 e. The number of benzene rings is 2. The Labute approximate surface area is 175 Å². The summed E-state index contributed by atoms with van der Waals surface area (Å²) in [6.45, 7) is 14.9. The molecule has 150 valence electrons. The minimum absolute atomic E-state index is 0.0703. The summed E-state index contributed by atoms with van der Waals surface area (Å²) in [7, 11) is -3.91. The van der Waals surface area contributed by atoms with Crippen LogP contribution in [-0.2, 0) is 20.9 Å². The summed E-state index contributed by atoms with van der Waals surface area (Å²) in [4.78, 5) is 0. The maximum Gasteiger partial charge on any atom is 0.357 e. The quantitative estimate of drug-likeness (QED) is 0.477. The standard InChI is InChI=1S/C20H26I.C2H6O3S/c1-19(2,3)15-7-11-17(12-8-15)21-18-13-9-16(10-14-18)20(4,5)6;1-2-6(3,4)5/h7-14H,1-6H3;2H2,1H3,(H,3,4,5)/q+1;/p-1. The van der Waals surface area contributed by atoms with Crippen LogP contribution in [0.15, 0.2) is 48.5 Å². The number of hydrogen-bond donors (Lipinski definition) is 0. The summed E-state index contributed by atoms with van der Waals surface area (Å²) in [5.74, 6) is -0.312. The van der Waals surface area contributed by atoms with Crippen LogP contribution in [0.25, 0.3) is 0 Å². The van der Waals surface area contributed by atoms with E-state index in [-0.39, 0.29) is 37.8 Å². The molecule has 0 amide bonds. The van der Waals surface area contributed by atoms with Gasteiger partial charge in [0.05, 0.1) is 10.1 Å². The first-order valence-corrected chi connectivity index (χ1v) is 12.8. The van der Waals surface area contributed by atoms with Gasteiger partial charge in [0.1, 0.15) is 0 Å². The highest BCUT2D eigenvalue weighted by atomic mass is 127. The van der Waals surface area contributed by atoms with E-state index in [9.17, 15) is 13.0 Å². The lowest BCUT2D eigenvalue weighted by Crippen LogP contribution is -3.61. The molecule has 0 bridgehead atoms. The van der Waals surface area contributed by atoms with Crippen molar-refractivity contribution in [1.82, 2.24) is 0 Å². The molecule has 0 heterocycles. The van der Waals surface area contributed by atoms with Crippen molar-refractivity contribution >= 4 is 10.1 Å². The van der Waals surface area contributed by atoms with Crippen LogP contribution in [0.4, 0.5) is 0 Å². The molecule has 0 saturated heterocycles. The molecule has 0 saturated carbocycles. The summed E-state index contributed by atoms with van der Waals surface area (Å²) < 4.78 is 31.3. The van der Waals surface area contributed by atoms with Crippen molar-refractivity contribution in [3.05, 3.63) is 66.8 Å². The van der Waals surface area contributed by atoms with Gasteiger partial charge in [-0.1, -0.05) is 72.7 Å². The van der Waals surface area contributed by atoms with Crippen molar-refractivity contribution in [2.24, 2.45) is 0 Å². The fourth-order valence-corrected chi connectivity index (χ4v) is 4.31. The van der Waals surface area contributed by atoms with Crippen LogP contribution in [-0.4, -0.2) is 18.7 Å². The molecule has 0 fully saturated rings. The molecule has 3 nitrogen and oxygen atoms in total. The van der Waals surface area contributed by atoms with Gasteiger partial charge in [-0.3, -0.25) is 0 Å². The Hall–Kier alpha value is -0.920. The molecular weight excluding hydrogens is 471 g/mol. The van der Waals surface area contributed by atoms with Gasteiger partial charge < -0.3 is 4.55 Å². The molecule has 0 unspecified atom stereocenters. The normalized spacial score (nSPS) is 12.3. The van der Waals surface area contributed by atoms with Crippen molar-refractivity contribution < 1.29 is 34.2 Å². The zero-order valence-corrected chi connectivity index (χ0v) is 20.3. The summed E-state index contributed by atoms with van der Waals surface area (Å²) in [6.07, 6.45) is 0. The third-order valence-corrected chi connectivity index (χ3v) is 7.38. The lowest BCUT2D eigenvalue weighted by atomic mass is 9.87. The molecule has 0 aliphatic heterocycles. The van der Waals surface area contributed by atoms with Gasteiger partial charge in [0, 0.05) is 5.75 Å². The second kappa shape index (κ2) is 9.52. The topological polar surface area (TPSA) is 57.2 Å². The van der Waals surface area contributed by atoms with E-state index in [0.29, 0.717) is 0 Å². The van der Waals surface area contributed by atoms with Gasteiger partial charge in [-0.05, 0) is 46.2 Å². The summed E-state index contributed by atoms with van der Waals surface area (Å²) in [5, 5.41) is 0. The van der Waals surface area contributed by atoms with Gasteiger partial charge in [-0.15, -0.1) is 0 Å². The molecule has 0 aliphatic carbocycles. The average Bonchev–Trinajstić information content (AvgIpc) is 2.54. The molecule has 0 aliphatic rings. The summed E-state index contributed by atoms with van der Waals surface area (Å²) >= 11 is -0.0703. The van der Waals surface area contributed by atoms with Gasteiger partial charge in [0.25, 0.3) is 0 Å². The number of hydrogen-bond acceptors (Lipinski definition) is 3. The lowest BCUT2D eigenvalue weighted by Gasteiger charge is -2.18. The van der Waals surface area contributed by atoms with Crippen molar-refractivity contribution in [3.8, 4) is 0 Å². The predicted octanol–water partition coefficient (Wildman–Crippen LogP) is 1.96. The van der Waals surface area contributed by atoms with E-state index >= 15 is 0 Å². The lowest BCUT2D eigenvalue weighted by molar-refractivity contribution is -0.597. The molecule has 0 aromatic heterocycles. The number of halogens is 1. The number of rotatable bonds is 3. The van der Waals surface area contributed by atoms with Crippen LogP contribution in [0.3, 0.4) is 0 Å². The maximum absolute atomic E-state index is 9.44. The third kappa shape index (κ3) is 9.21. The first-order chi connectivity index (χ1) is 12.2. The molecule has 0 atom stereocenters. The first-order valence-electron chi connectivity index (χ1n) is 9.02. The first kappa shape index (κ1) is 24.1. The Kier molecular flexibility index (Phi) is 8.51. The molecule has 5 heteroatoms. The highest BCUT2D eigenvalue weighted by Gasteiger charge is 2.20. The fourth-order valence-electron chi connectivity index (χ4n) is 2.15. The van der Waals surface area contributed by atoms with Gasteiger partial charge >= 0.3 is 21.2 Å². The summed E-state index contributed by atoms with van der Waals surface area (Å²) in [5.41, 5.74) is 3.31. The van der Waals surface area contributed by atoms with Crippen LogP contribution in [0.2, 0.25) is 0 Å². The third-order valence-electron chi connectivity index (χ3n) is 3.99. The Morgan fingerprint density at radius 3 is 1.19 bits per heavy atom. The minimum Gasteiger partial charge on any atom is -0.748 e. The van der Waals surface area contributed by atoms with E-state index in [1.165, 1.54) is 25.2 Å². The highest BCUT2D eigenvalue weighted by molar-refractivity contribution is 7.85. The Morgan fingerprint density at radius 1 is 0.741 bits per heavy atom. The molecular formula is C22H31IO3S. The molecule has 0 N–H and O–H groups in total.